The van der Waals surface area contributed by atoms with Gasteiger partial charge < -0.3 is 10.4 Å². The predicted octanol–water partition coefficient (Wildman–Crippen LogP) is 2.87. The van der Waals surface area contributed by atoms with E-state index >= 15 is 0 Å². The van der Waals surface area contributed by atoms with Gasteiger partial charge in [-0.05, 0) is 34.6 Å². The first-order chi connectivity index (χ1) is 8.03. The SMILES string of the molecule is Cc1cc(NC(C)(C)C(C)(C)O)nc(C(C)C)n1. The molecule has 1 rings (SSSR count). The maximum Gasteiger partial charge on any atom is 0.133 e. The van der Waals surface area contributed by atoms with Crippen LogP contribution in [0, 0.1) is 6.92 Å². The van der Waals surface area contributed by atoms with Gasteiger partial charge in [-0.2, -0.15) is 0 Å². The molecule has 0 amide bonds. The third-order valence-electron chi connectivity index (χ3n) is 3.36. The minimum Gasteiger partial charge on any atom is -0.388 e. The molecular formula is C14H25N3O. The van der Waals surface area contributed by atoms with Gasteiger partial charge in [-0.3, -0.25) is 0 Å². The summed E-state index contributed by atoms with van der Waals surface area (Å²) in [7, 11) is 0. The van der Waals surface area contributed by atoms with Crippen molar-refractivity contribution in [1.29, 1.82) is 0 Å². The lowest BCUT2D eigenvalue weighted by atomic mass is 9.86. The Hall–Kier alpha value is -1.16. The molecule has 2 N–H and O–H groups in total. The van der Waals surface area contributed by atoms with Crippen LogP contribution in [0.4, 0.5) is 5.82 Å². The van der Waals surface area contributed by atoms with Gasteiger partial charge in [0.1, 0.15) is 11.6 Å². The first-order valence-corrected chi connectivity index (χ1v) is 6.39. The highest BCUT2D eigenvalue weighted by Crippen LogP contribution is 2.25. The van der Waals surface area contributed by atoms with E-state index in [4.69, 9.17) is 0 Å². The Bertz CT molecular complexity index is 420. The maximum atomic E-state index is 10.1. The first kappa shape index (κ1) is 14.9. The van der Waals surface area contributed by atoms with Gasteiger partial charge in [0, 0.05) is 17.7 Å². The zero-order valence-electron chi connectivity index (χ0n) is 12.5. The summed E-state index contributed by atoms with van der Waals surface area (Å²) in [5, 5.41) is 13.4. The molecule has 0 radical (unpaired) electrons. The van der Waals surface area contributed by atoms with E-state index in [9.17, 15) is 5.11 Å². The highest BCUT2D eigenvalue weighted by atomic mass is 16.3. The number of aliphatic hydroxyl groups is 1. The lowest BCUT2D eigenvalue weighted by molar-refractivity contribution is 0.0238. The Morgan fingerprint density at radius 2 is 1.72 bits per heavy atom. The zero-order valence-corrected chi connectivity index (χ0v) is 12.5. The standard InChI is InChI=1S/C14H25N3O/c1-9(2)12-15-10(3)8-11(16-12)17-13(4,5)14(6,7)18/h8-9,18H,1-7H3,(H,15,16,17). The molecule has 0 spiro atoms. The molecule has 0 aliphatic rings. The van der Waals surface area contributed by atoms with Crippen molar-refractivity contribution >= 4 is 5.82 Å². The molecule has 102 valence electrons. The lowest BCUT2D eigenvalue weighted by Crippen LogP contribution is -2.51. The molecule has 18 heavy (non-hydrogen) atoms. The van der Waals surface area contributed by atoms with E-state index in [1.54, 1.807) is 13.8 Å². The minimum absolute atomic E-state index is 0.288. The van der Waals surface area contributed by atoms with Crippen LogP contribution in [0.25, 0.3) is 0 Å². The molecule has 4 heteroatoms. The fourth-order valence-electron chi connectivity index (χ4n) is 1.39. The molecule has 1 heterocycles. The third kappa shape index (κ3) is 3.42. The van der Waals surface area contributed by atoms with Crippen molar-refractivity contribution in [3.05, 3.63) is 17.6 Å². The number of aromatic nitrogens is 2. The number of hydrogen-bond donors (Lipinski definition) is 2. The van der Waals surface area contributed by atoms with Crippen molar-refractivity contribution in [2.24, 2.45) is 0 Å². The quantitative estimate of drug-likeness (QED) is 0.864. The molecular weight excluding hydrogens is 226 g/mol. The van der Waals surface area contributed by atoms with Gasteiger partial charge in [0.25, 0.3) is 0 Å². The number of aryl methyl sites for hydroxylation is 1. The number of hydrogen-bond acceptors (Lipinski definition) is 4. The van der Waals surface area contributed by atoms with E-state index in [-0.39, 0.29) is 5.92 Å². The van der Waals surface area contributed by atoms with Crippen molar-refractivity contribution < 1.29 is 5.11 Å². The van der Waals surface area contributed by atoms with Gasteiger partial charge in [0.05, 0.1) is 11.1 Å². The number of nitrogens with one attached hydrogen (secondary N) is 1. The van der Waals surface area contributed by atoms with E-state index in [1.807, 2.05) is 26.8 Å². The molecule has 0 saturated carbocycles. The van der Waals surface area contributed by atoms with Gasteiger partial charge in [-0.15, -0.1) is 0 Å². The zero-order chi connectivity index (χ0) is 14.1. The van der Waals surface area contributed by atoms with Crippen LogP contribution in [-0.2, 0) is 0 Å². The lowest BCUT2D eigenvalue weighted by Gasteiger charge is -2.38. The summed E-state index contributed by atoms with van der Waals surface area (Å²) in [4.78, 5) is 8.91. The van der Waals surface area contributed by atoms with Gasteiger partial charge in [0.15, 0.2) is 0 Å². The second kappa shape index (κ2) is 4.84. The largest absolute Gasteiger partial charge is 0.388 e. The fourth-order valence-corrected chi connectivity index (χ4v) is 1.39. The smallest absolute Gasteiger partial charge is 0.133 e. The van der Waals surface area contributed by atoms with Crippen LogP contribution in [0.3, 0.4) is 0 Å². The highest BCUT2D eigenvalue weighted by molar-refractivity contribution is 5.40. The van der Waals surface area contributed by atoms with Crippen LogP contribution in [0.5, 0.6) is 0 Å². The first-order valence-electron chi connectivity index (χ1n) is 6.39. The Labute approximate surface area is 110 Å². The number of rotatable bonds is 4. The minimum atomic E-state index is -0.843. The van der Waals surface area contributed by atoms with Crippen LogP contribution < -0.4 is 5.32 Å². The summed E-state index contributed by atoms with van der Waals surface area (Å²) in [6, 6.07) is 1.90. The second-order valence-electron chi connectivity index (χ2n) is 6.22. The van der Waals surface area contributed by atoms with E-state index in [0.29, 0.717) is 0 Å². The van der Waals surface area contributed by atoms with Crippen LogP contribution in [0.1, 0.15) is 59.0 Å². The van der Waals surface area contributed by atoms with E-state index in [0.717, 1.165) is 17.3 Å². The van der Waals surface area contributed by atoms with E-state index in [2.05, 4.69) is 29.1 Å². The van der Waals surface area contributed by atoms with Gasteiger partial charge in [-0.25, -0.2) is 9.97 Å². The van der Waals surface area contributed by atoms with Crippen LogP contribution in [-0.4, -0.2) is 26.2 Å². The monoisotopic (exact) mass is 251 g/mol. The predicted molar refractivity (Wildman–Crippen MR) is 74.9 cm³/mol. The summed E-state index contributed by atoms with van der Waals surface area (Å²) in [6.45, 7) is 13.6. The summed E-state index contributed by atoms with van der Waals surface area (Å²) in [5.41, 5.74) is -0.381. The van der Waals surface area contributed by atoms with Crippen molar-refractivity contribution in [2.45, 2.75) is 65.5 Å². The molecule has 0 aliphatic heterocycles. The summed E-state index contributed by atoms with van der Waals surface area (Å²) in [5.74, 6) is 1.87. The molecule has 0 aromatic carbocycles. The summed E-state index contributed by atoms with van der Waals surface area (Å²) < 4.78 is 0. The molecule has 0 atom stereocenters. The maximum absolute atomic E-state index is 10.1. The molecule has 1 aromatic rings. The van der Waals surface area contributed by atoms with Crippen LogP contribution >= 0.6 is 0 Å². The van der Waals surface area contributed by atoms with Crippen molar-refractivity contribution in [1.82, 2.24) is 9.97 Å². The van der Waals surface area contributed by atoms with Crippen LogP contribution in [0.2, 0.25) is 0 Å². The van der Waals surface area contributed by atoms with Gasteiger partial charge >= 0.3 is 0 Å². The average molecular weight is 251 g/mol. The Balaban J connectivity index is 3.05. The van der Waals surface area contributed by atoms with E-state index < -0.39 is 11.1 Å². The molecule has 0 fully saturated rings. The van der Waals surface area contributed by atoms with Crippen molar-refractivity contribution in [3.63, 3.8) is 0 Å². The molecule has 0 unspecified atom stereocenters. The van der Waals surface area contributed by atoms with Gasteiger partial charge in [0.2, 0.25) is 0 Å². The molecule has 1 aromatic heterocycles. The molecule has 0 aliphatic carbocycles. The Morgan fingerprint density at radius 1 is 1.17 bits per heavy atom. The Morgan fingerprint density at radius 3 is 2.17 bits per heavy atom. The highest BCUT2D eigenvalue weighted by Gasteiger charge is 2.35. The topological polar surface area (TPSA) is 58.0 Å². The normalized spacial score (nSPS) is 12.9. The summed E-state index contributed by atoms with van der Waals surface area (Å²) in [6.07, 6.45) is 0. The van der Waals surface area contributed by atoms with Crippen LogP contribution in [0.15, 0.2) is 6.07 Å². The van der Waals surface area contributed by atoms with Gasteiger partial charge in [-0.1, -0.05) is 13.8 Å². The van der Waals surface area contributed by atoms with E-state index in [1.165, 1.54) is 0 Å². The third-order valence-corrected chi connectivity index (χ3v) is 3.36. The second-order valence-corrected chi connectivity index (χ2v) is 6.22. The number of anilines is 1. The van der Waals surface area contributed by atoms with Crippen molar-refractivity contribution in [3.8, 4) is 0 Å². The average Bonchev–Trinajstić information content (AvgIpc) is 2.13. The summed E-state index contributed by atoms with van der Waals surface area (Å²) >= 11 is 0. The molecule has 0 bridgehead atoms. The molecule has 4 nitrogen and oxygen atoms in total. The fraction of sp³-hybridized carbons (Fsp3) is 0.714. The molecule has 0 saturated heterocycles. The number of nitrogens with zero attached hydrogens (tertiary/aromatic N) is 2. The Kier molecular flexibility index (Phi) is 4.01. The van der Waals surface area contributed by atoms with Crippen molar-refractivity contribution in [2.75, 3.05) is 5.32 Å².